The molecule has 1 saturated carbocycles. The Balaban J connectivity index is 0.738. The Kier molecular flexibility index (Phi) is 12.6. The Morgan fingerprint density at radius 2 is 1.87 bits per heavy atom. The Morgan fingerprint density at radius 1 is 1.05 bits per heavy atom. The number of benzene rings is 1. The van der Waals surface area contributed by atoms with Gasteiger partial charge in [0.2, 0.25) is 11.8 Å². The van der Waals surface area contributed by atoms with Crippen molar-refractivity contribution in [3.8, 4) is 0 Å². The molecule has 3 amide bonds. The fourth-order valence-corrected chi connectivity index (χ4v) is 9.56. The van der Waals surface area contributed by atoms with Gasteiger partial charge in [0.05, 0.1) is 61.5 Å². The molecule has 1 unspecified atom stereocenters. The second-order valence-corrected chi connectivity index (χ2v) is 16.9. The lowest BCUT2D eigenvalue weighted by molar-refractivity contribution is -0.135. The fraction of sp³-hybridized carbons (Fsp3) is 0.558. The molecule has 1 aliphatic carbocycles. The van der Waals surface area contributed by atoms with E-state index in [0.29, 0.717) is 75.4 Å². The molecule has 0 radical (unpaired) electrons. The summed E-state index contributed by atoms with van der Waals surface area (Å²) in [5.41, 5.74) is 2.18. The van der Waals surface area contributed by atoms with Gasteiger partial charge in [-0.05, 0) is 68.6 Å². The predicted octanol–water partition coefficient (Wildman–Crippen LogP) is 3.66. The lowest BCUT2D eigenvalue weighted by atomic mass is 9.85. The minimum absolute atomic E-state index is 0.0200. The van der Waals surface area contributed by atoms with E-state index in [1.54, 1.807) is 22.5 Å². The van der Waals surface area contributed by atoms with Crippen molar-refractivity contribution in [1.29, 1.82) is 0 Å². The highest BCUT2D eigenvalue weighted by Crippen LogP contribution is 2.36. The van der Waals surface area contributed by atoms with Crippen LogP contribution in [0.4, 0.5) is 20.3 Å². The van der Waals surface area contributed by atoms with E-state index in [0.717, 1.165) is 62.8 Å². The molecule has 63 heavy (non-hydrogen) atoms. The van der Waals surface area contributed by atoms with Gasteiger partial charge in [-0.25, -0.2) is 23.1 Å². The third-order valence-electron chi connectivity index (χ3n) is 12.8. The van der Waals surface area contributed by atoms with E-state index < -0.39 is 30.0 Å². The number of halogens is 2. The molecule has 5 aromatic rings. The van der Waals surface area contributed by atoms with Crippen LogP contribution in [0.3, 0.4) is 0 Å². The summed E-state index contributed by atoms with van der Waals surface area (Å²) in [5.74, 6) is -0.227. The van der Waals surface area contributed by atoms with Crippen LogP contribution in [0.2, 0.25) is 0 Å². The zero-order valence-electron chi connectivity index (χ0n) is 35.3. The molecule has 4 aliphatic rings. The van der Waals surface area contributed by atoms with Crippen LogP contribution in [0.15, 0.2) is 47.7 Å². The van der Waals surface area contributed by atoms with Crippen molar-refractivity contribution >= 4 is 45.9 Å². The first-order valence-corrected chi connectivity index (χ1v) is 21.9. The van der Waals surface area contributed by atoms with Gasteiger partial charge in [0.1, 0.15) is 17.4 Å². The second kappa shape index (κ2) is 18.6. The number of nitrogens with zero attached hydrogens (tertiary/aromatic N) is 9. The maximum Gasteiger partial charge on any atom is 0.329 e. The summed E-state index contributed by atoms with van der Waals surface area (Å²) >= 11 is 0. The average molecular weight is 874 g/mol. The molecule has 7 heterocycles. The number of para-hydroxylation sites is 1. The van der Waals surface area contributed by atoms with Gasteiger partial charge in [0.25, 0.3) is 12.3 Å². The topological polar surface area (TPSA) is 184 Å². The smallest absolute Gasteiger partial charge is 0.329 e. The van der Waals surface area contributed by atoms with Crippen molar-refractivity contribution in [1.82, 2.24) is 43.7 Å². The average Bonchev–Trinajstić information content (AvgIpc) is 3.98. The Bertz CT molecular complexity index is 2520. The van der Waals surface area contributed by atoms with Crippen LogP contribution in [0, 0.1) is 5.92 Å². The SMILES string of the molecule is Cn1c(=O)n(C2CCC(=O)NC2=O)c2cccc(CCCOC[C@H]3CN(CC4CCC(n5cc(NC(=O)c6cnn7ccc(N8CCOCC8)nc67)c(C(F)F)n5)CC4)CCO3)c21. The molecule has 20 heteroatoms. The molecule has 0 spiro atoms. The number of ether oxygens (including phenoxy) is 3. The molecule has 9 rings (SSSR count). The van der Waals surface area contributed by atoms with Gasteiger partial charge >= 0.3 is 5.69 Å². The molecule has 3 saturated heterocycles. The van der Waals surface area contributed by atoms with Gasteiger partial charge in [-0.15, -0.1) is 0 Å². The Labute approximate surface area is 361 Å². The van der Waals surface area contributed by atoms with Crippen LogP contribution in [0.5, 0.6) is 0 Å². The lowest BCUT2D eigenvalue weighted by Crippen LogP contribution is -2.46. The summed E-state index contributed by atoms with van der Waals surface area (Å²) in [5, 5.41) is 13.6. The number of piperidine rings is 1. The number of anilines is 2. The molecule has 2 atom stereocenters. The van der Waals surface area contributed by atoms with Gasteiger partial charge in [0.15, 0.2) is 11.3 Å². The number of aromatic nitrogens is 7. The van der Waals surface area contributed by atoms with Crippen molar-refractivity contribution in [3.05, 3.63) is 70.2 Å². The largest absolute Gasteiger partial charge is 0.379 e. The van der Waals surface area contributed by atoms with Crippen LogP contribution < -0.4 is 21.2 Å². The number of imide groups is 1. The molecular weight excluding hydrogens is 821 g/mol. The predicted molar refractivity (Wildman–Crippen MR) is 226 cm³/mol. The lowest BCUT2D eigenvalue weighted by Gasteiger charge is -2.37. The molecule has 1 aromatic carbocycles. The standard InChI is InChI=1S/C43H53F2N11O7/c1-51-38-28(4-2-6-33(38)56(43(51)60)34-11-12-36(57)49-42(34)59)5-3-18-62-26-30-24-52(15-21-63-30)23-27-7-9-29(10-8-27)55-25-32(37(50-55)39(44)45)47-41(58)31-22-46-54-14-13-35(48-40(31)54)53-16-19-61-20-17-53/h2,4,6,13-14,22,25,27,29-30,34,39H,3,5,7-12,15-21,23-24,26H2,1H3,(H,47,58)(H,49,57,59)/t27?,29?,30-,34?/m1/s1. The van der Waals surface area contributed by atoms with E-state index in [1.165, 1.54) is 21.5 Å². The first kappa shape index (κ1) is 42.7. The first-order chi connectivity index (χ1) is 30.6. The van der Waals surface area contributed by atoms with Crippen molar-refractivity contribution in [2.45, 2.75) is 76.0 Å². The van der Waals surface area contributed by atoms with Crippen molar-refractivity contribution < 1.29 is 37.4 Å². The van der Waals surface area contributed by atoms with Gasteiger partial charge in [0, 0.05) is 65.2 Å². The maximum absolute atomic E-state index is 14.3. The monoisotopic (exact) mass is 873 g/mol. The second-order valence-electron chi connectivity index (χ2n) is 16.9. The van der Waals surface area contributed by atoms with Crippen molar-refractivity contribution in [2.75, 3.05) is 76.0 Å². The fourth-order valence-electron chi connectivity index (χ4n) is 9.56. The van der Waals surface area contributed by atoms with Gasteiger partial charge in [-0.1, -0.05) is 12.1 Å². The van der Waals surface area contributed by atoms with E-state index in [-0.39, 0.29) is 47.8 Å². The van der Waals surface area contributed by atoms with E-state index >= 15 is 0 Å². The number of hydrogen-bond acceptors (Lipinski definition) is 12. The Morgan fingerprint density at radius 3 is 2.67 bits per heavy atom. The van der Waals surface area contributed by atoms with Crippen LogP contribution in [-0.4, -0.2) is 128 Å². The zero-order valence-corrected chi connectivity index (χ0v) is 35.3. The van der Waals surface area contributed by atoms with Gasteiger partial charge in [-0.3, -0.25) is 38.4 Å². The maximum atomic E-state index is 14.3. The number of carbonyl (C=O) groups excluding carboxylic acids is 3. The number of rotatable bonds is 14. The molecule has 336 valence electrons. The number of imidazole rings is 1. The van der Waals surface area contributed by atoms with E-state index in [9.17, 15) is 28.0 Å². The quantitative estimate of drug-likeness (QED) is 0.122. The summed E-state index contributed by atoms with van der Waals surface area (Å²) in [6.07, 6.45) is 7.01. The van der Waals surface area contributed by atoms with Gasteiger partial charge < -0.3 is 24.4 Å². The minimum atomic E-state index is -2.87. The number of amides is 3. The molecule has 4 aromatic heterocycles. The van der Waals surface area contributed by atoms with Crippen molar-refractivity contribution in [3.63, 3.8) is 0 Å². The zero-order chi connectivity index (χ0) is 43.6. The van der Waals surface area contributed by atoms with Crippen LogP contribution in [0.1, 0.15) is 85.1 Å². The molecule has 18 nitrogen and oxygen atoms in total. The number of hydrogen-bond donors (Lipinski definition) is 2. The highest BCUT2D eigenvalue weighted by Gasteiger charge is 2.33. The van der Waals surface area contributed by atoms with Crippen LogP contribution in [-0.2, 0) is 37.3 Å². The number of nitrogens with one attached hydrogen (secondary N) is 2. The Hall–Kier alpha value is -5.57. The summed E-state index contributed by atoms with van der Waals surface area (Å²) in [7, 11) is 1.71. The van der Waals surface area contributed by atoms with E-state index in [4.69, 9.17) is 14.2 Å². The van der Waals surface area contributed by atoms with Crippen LogP contribution >= 0.6 is 0 Å². The highest BCUT2D eigenvalue weighted by atomic mass is 19.3. The minimum Gasteiger partial charge on any atom is -0.379 e. The third-order valence-corrected chi connectivity index (χ3v) is 12.8. The number of aryl methyl sites for hydroxylation is 2. The molecule has 2 N–H and O–H groups in total. The molecule has 3 aliphatic heterocycles. The normalized spacial score (nSPS) is 22.6. The number of carbonyl (C=O) groups is 3. The highest BCUT2D eigenvalue weighted by molar-refractivity contribution is 6.08. The third kappa shape index (κ3) is 9.12. The van der Waals surface area contributed by atoms with Crippen LogP contribution in [0.25, 0.3) is 16.7 Å². The first-order valence-electron chi connectivity index (χ1n) is 21.9. The van der Waals surface area contributed by atoms with Crippen molar-refractivity contribution in [2.24, 2.45) is 13.0 Å². The summed E-state index contributed by atoms with van der Waals surface area (Å²) < 4.78 is 52.3. The van der Waals surface area contributed by atoms with Gasteiger partial charge in [-0.2, -0.15) is 10.2 Å². The number of morpholine rings is 2. The molecular formula is C43H53F2N11O7. The molecule has 4 fully saturated rings. The summed E-state index contributed by atoms with van der Waals surface area (Å²) in [4.78, 5) is 60.3. The van der Waals surface area contributed by atoms with E-state index in [1.807, 2.05) is 24.3 Å². The summed E-state index contributed by atoms with van der Waals surface area (Å²) in [6, 6.07) is 6.75. The summed E-state index contributed by atoms with van der Waals surface area (Å²) in [6.45, 7) is 6.60. The molecule has 0 bridgehead atoms. The number of fused-ring (bicyclic) bond motifs is 2. The van der Waals surface area contributed by atoms with E-state index in [2.05, 4.69) is 35.6 Å². The number of alkyl halides is 2.